The molecule has 0 saturated carbocycles. The Bertz CT molecular complexity index is 762. The first-order chi connectivity index (χ1) is 11.3. The molecular weight excluding hydrogens is 324 g/mol. The third kappa shape index (κ3) is 3.58. The zero-order valence-corrected chi connectivity index (χ0v) is 15.4. The van der Waals surface area contributed by atoms with E-state index in [0.29, 0.717) is 5.82 Å². The number of nitrogens with zero attached hydrogens (tertiary/aromatic N) is 5. The average molecular weight is 348 g/mol. The fourth-order valence-corrected chi connectivity index (χ4v) is 3.58. The van der Waals surface area contributed by atoms with Crippen LogP contribution in [0.1, 0.15) is 39.4 Å². The zero-order valence-electron chi connectivity index (χ0n) is 14.6. The molecule has 24 heavy (non-hydrogen) atoms. The minimum Gasteiger partial charge on any atom is -0.356 e. The van der Waals surface area contributed by atoms with Crippen LogP contribution in [0.3, 0.4) is 0 Å². The summed E-state index contributed by atoms with van der Waals surface area (Å²) in [5.41, 5.74) is -0.0982. The van der Waals surface area contributed by atoms with Crippen LogP contribution in [-0.4, -0.2) is 38.0 Å². The van der Waals surface area contributed by atoms with Gasteiger partial charge in [0.1, 0.15) is 5.82 Å². The van der Waals surface area contributed by atoms with Crippen molar-refractivity contribution in [2.45, 2.75) is 45.1 Å². The molecule has 1 aliphatic heterocycles. The van der Waals surface area contributed by atoms with Crippen LogP contribution in [0.2, 0.25) is 0 Å². The van der Waals surface area contributed by atoms with Crippen LogP contribution in [0.4, 0.5) is 10.9 Å². The Morgan fingerprint density at radius 3 is 2.88 bits per heavy atom. The Morgan fingerprint density at radius 2 is 2.17 bits per heavy atom. The molecule has 0 bridgehead atoms. The lowest BCUT2D eigenvalue weighted by Crippen LogP contribution is -2.45. The van der Waals surface area contributed by atoms with Crippen LogP contribution in [0, 0.1) is 0 Å². The number of nitrogens with one attached hydrogen (secondary N) is 1. The molecule has 0 aromatic carbocycles. The van der Waals surface area contributed by atoms with Crippen LogP contribution >= 0.6 is 11.5 Å². The van der Waals surface area contributed by atoms with Gasteiger partial charge in [0.2, 0.25) is 5.13 Å². The zero-order chi connectivity index (χ0) is 17.3. The molecule has 0 aliphatic carbocycles. The van der Waals surface area contributed by atoms with Crippen LogP contribution in [0.15, 0.2) is 17.2 Å². The lowest BCUT2D eigenvalue weighted by Gasteiger charge is -2.33. The number of hydrogen-bond donors (Lipinski definition) is 1. The quantitative estimate of drug-likeness (QED) is 0.914. The average Bonchev–Trinajstić information content (AvgIpc) is 2.99. The largest absolute Gasteiger partial charge is 0.356 e. The van der Waals surface area contributed by atoms with Gasteiger partial charge in [0, 0.05) is 55.5 Å². The van der Waals surface area contributed by atoms with Crippen molar-refractivity contribution in [1.29, 1.82) is 0 Å². The van der Waals surface area contributed by atoms with Crippen LogP contribution in [0.5, 0.6) is 0 Å². The van der Waals surface area contributed by atoms with Gasteiger partial charge in [-0.05, 0) is 12.8 Å². The van der Waals surface area contributed by atoms with Crippen molar-refractivity contribution < 1.29 is 0 Å². The number of anilines is 2. The summed E-state index contributed by atoms with van der Waals surface area (Å²) in [5, 5.41) is 4.32. The molecule has 0 spiro atoms. The van der Waals surface area contributed by atoms with Crippen LogP contribution in [0.25, 0.3) is 0 Å². The van der Waals surface area contributed by atoms with E-state index in [1.807, 2.05) is 0 Å². The smallest absolute Gasteiger partial charge is 0.293 e. The summed E-state index contributed by atoms with van der Waals surface area (Å²) in [4.78, 5) is 23.2. The molecule has 7 nitrogen and oxygen atoms in total. The third-order valence-corrected chi connectivity index (χ3v) is 4.79. The summed E-state index contributed by atoms with van der Waals surface area (Å²) in [6.07, 6.45) is 5.42. The van der Waals surface area contributed by atoms with Gasteiger partial charge in [0.15, 0.2) is 5.82 Å². The van der Waals surface area contributed by atoms with Gasteiger partial charge in [-0.1, -0.05) is 20.8 Å². The van der Waals surface area contributed by atoms with E-state index in [2.05, 4.69) is 45.3 Å². The summed E-state index contributed by atoms with van der Waals surface area (Å²) in [6.45, 7) is 7.93. The highest BCUT2D eigenvalue weighted by Crippen LogP contribution is 2.25. The van der Waals surface area contributed by atoms with Gasteiger partial charge < -0.3 is 14.8 Å². The SMILES string of the molecule is Cn1ccnc(N2CCC[C@@H](Nc3nc(C(C)(C)C)ns3)C2)c1=O. The number of rotatable bonds is 3. The predicted molar refractivity (Wildman–Crippen MR) is 96.9 cm³/mol. The van der Waals surface area contributed by atoms with Crippen molar-refractivity contribution in [2.75, 3.05) is 23.3 Å². The maximum Gasteiger partial charge on any atom is 0.293 e. The standard InChI is InChI=1S/C16H24N6OS/c1-16(2,3)14-19-15(24-20-14)18-11-6-5-8-22(10-11)12-13(23)21(4)9-7-17-12/h7,9,11H,5-6,8,10H2,1-4H3,(H,18,19,20)/t11-/m1/s1. The normalized spacial score (nSPS) is 18.7. The van der Waals surface area contributed by atoms with E-state index in [0.717, 1.165) is 36.9 Å². The molecular formula is C16H24N6OS. The maximum absolute atomic E-state index is 12.3. The maximum atomic E-state index is 12.3. The molecule has 1 aliphatic rings. The van der Waals surface area contributed by atoms with E-state index in [4.69, 9.17) is 0 Å². The summed E-state index contributed by atoms with van der Waals surface area (Å²) < 4.78 is 6.01. The highest BCUT2D eigenvalue weighted by atomic mass is 32.1. The molecule has 2 aromatic rings. The lowest BCUT2D eigenvalue weighted by atomic mass is 9.96. The van der Waals surface area contributed by atoms with E-state index in [1.165, 1.54) is 11.5 Å². The second-order valence-electron chi connectivity index (χ2n) is 7.27. The van der Waals surface area contributed by atoms with E-state index in [1.54, 1.807) is 24.0 Å². The molecule has 1 fully saturated rings. The molecule has 2 aromatic heterocycles. The fourth-order valence-electron chi connectivity index (χ4n) is 2.75. The predicted octanol–water partition coefficient (Wildman–Crippen LogP) is 2.01. The fraction of sp³-hybridized carbons (Fsp3) is 0.625. The minimum atomic E-state index is -0.0518. The van der Waals surface area contributed by atoms with E-state index >= 15 is 0 Å². The van der Waals surface area contributed by atoms with Crippen molar-refractivity contribution in [3.8, 4) is 0 Å². The summed E-state index contributed by atoms with van der Waals surface area (Å²) >= 11 is 1.40. The number of piperidine rings is 1. The third-order valence-electron chi connectivity index (χ3n) is 4.14. The van der Waals surface area contributed by atoms with Gasteiger partial charge in [-0.25, -0.2) is 9.97 Å². The monoisotopic (exact) mass is 348 g/mol. The van der Waals surface area contributed by atoms with Gasteiger partial charge in [-0.2, -0.15) is 4.37 Å². The van der Waals surface area contributed by atoms with Crippen LogP contribution < -0.4 is 15.8 Å². The Balaban J connectivity index is 1.71. The molecule has 130 valence electrons. The van der Waals surface area contributed by atoms with Crippen molar-refractivity contribution in [1.82, 2.24) is 18.9 Å². The van der Waals surface area contributed by atoms with Gasteiger partial charge in [0.05, 0.1) is 0 Å². The summed E-state index contributed by atoms with van der Waals surface area (Å²) in [6, 6.07) is 0.242. The molecule has 0 amide bonds. The molecule has 0 radical (unpaired) electrons. The van der Waals surface area contributed by atoms with E-state index in [-0.39, 0.29) is 17.0 Å². The Labute approximate surface area is 145 Å². The summed E-state index contributed by atoms with van der Waals surface area (Å²) in [7, 11) is 1.75. The van der Waals surface area contributed by atoms with E-state index in [9.17, 15) is 4.79 Å². The highest BCUT2D eigenvalue weighted by molar-refractivity contribution is 7.09. The highest BCUT2D eigenvalue weighted by Gasteiger charge is 2.25. The molecule has 1 N–H and O–H groups in total. The number of aromatic nitrogens is 4. The summed E-state index contributed by atoms with van der Waals surface area (Å²) in [5.74, 6) is 1.39. The topological polar surface area (TPSA) is 75.9 Å². The molecule has 3 heterocycles. The number of aryl methyl sites for hydroxylation is 1. The molecule has 8 heteroatoms. The molecule has 1 saturated heterocycles. The Morgan fingerprint density at radius 1 is 1.38 bits per heavy atom. The molecule has 1 atom stereocenters. The second kappa shape index (κ2) is 6.51. The first-order valence-corrected chi connectivity index (χ1v) is 8.99. The Kier molecular flexibility index (Phi) is 4.58. The molecule has 3 rings (SSSR count). The molecule has 0 unspecified atom stereocenters. The van der Waals surface area contributed by atoms with Crippen molar-refractivity contribution in [3.63, 3.8) is 0 Å². The number of hydrogen-bond acceptors (Lipinski definition) is 7. The first kappa shape index (κ1) is 16.9. The van der Waals surface area contributed by atoms with Crippen molar-refractivity contribution in [2.24, 2.45) is 7.05 Å². The lowest BCUT2D eigenvalue weighted by molar-refractivity contribution is 0.522. The second-order valence-corrected chi connectivity index (χ2v) is 8.02. The van der Waals surface area contributed by atoms with Crippen molar-refractivity contribution in [3.05, 3.63) is 28.6 Å². The van der Waals surface area contributed by atoms with Gasteiger partial charge in [0.25, 0.3) is 5.56 Å². The first-order valence-electron chi connectivity index (χ1n) is 8.22. The minimum absolute atomic E-state index is 0.0464. The van der Waals surface area contributed by atoms with E-state index < -0.39 is 0 Å². The van der Waals surface area contributed by atoms with Gasteiger partial charge >= 0.3 is 0 Å². The van der Waals surface area contributed by atoms with Crippen LogP contribution in [-0.2, 0) is 12.5 Å². The van der Waals surface area contributed by atoms with Gasteiger partial charge in [-0.15, -0.1) is 0 Å². The Hall–Kier alpha value is -1.96. The van der Waals surface area contributed by atoms with Crippen molar-refractivity contribution >= 4 is 22.5 Å². The van der Waals surface area contributed by atoms with Gasteiger partial charge in [-0.3, -0.25) is 4.79 Å².